The van der Waals surface area contributed by atoms with Crippen LogP contribution in [0.4, 0.5) is 0 Å². The third-order valence-electron chi connectivity index (χ3n) is 3.41. The fourth-order valence-corrected chi connectivity index (χ4v) is 2.05. The summed E-state index contributed by atoms with van der Waals surface area (Å²) < 4.78 is 15.1. The summed E-state index contributed by atoms with van der Waals surface area (Å²) in [7, 11) is 1.36. The average molecular weight is 312 g/mol. The Morgan fingerprint density at radius 2 is 1.71 bits per heavy atom. The van der Waals surface area contributed by atoms with E-state index in [9.17, 15) is 25.5 Å². The van der Waals surface area contributed by atoms with Gasteiger partial charge in [0.2, 0.25) is 0 Å². The summed E-state index contributed by atoms with van der Waals surface area (Å²) in [6.45, 7) is 0.753. The Morgan fingerprint density at radius 1 is 1.10 bits per heavy atom. The van der Waals surface area contributed by atoms with Crippen LogP contribution in [0.25, 0.3) is 0 Å². The van der Waals surface area contributed by atoms with Crippen LogP contribution >= 0.6 is 0 Å². The molecule has 0 spiro atoms. The zero-order valence-corrected chi connectivity index (χ0v) is 11.9. The van der Waals surface area contributed by atoms with Gasteiger partial charge in [-0.2, -0.15) is 0 Å². The molecule has 1 heterocycles. The molecule has 0 radical (unpaired) electrons. The van der Waals surface area contributed by atoms with Crippen LogP contribution in [0.15, 0.2) is 0 Å². The number of hydrogen-bond acceptors (Lipinski definition) is 9. The van der Waals surface area contributed by atoms with E-state index < -0.39 is 55.6 Å². The monoisotopic (exact) mass is 312 g/mol. The molecule has 1 saturated heterocycles. The zero-order valence-electron chi connectivity index (χ0n) is 11.9. The second kappa shape index (κ2) is 8.32. The van der Waals surface area contributed by atoms with Crippen LogP contribution in [0.5, 0.6) is 0 Å². The molecule has 21 heavy (non-hydrogen) atoms. The molecule has 0 aromatic rings. The van der Waals surface area contributed by atoms with E-state index in [1.54, 1.807) is 0 Å². The van der Waals surface area contributed by atoms with Crippen LogP contribution in [0.1, 0.15) is 6.92 Å². The third kappa shape index (κ3) is 4.55. The predicted molar refractivity (Wildman–Crippen MR) is 68.2 cm³/mol. The molecule has 1 rings (SSSR count). The first-order valence-corrected chi connectivity index (χ1v) is 6.64. The van der Waals surface area contributed by atoms with Crippen molar-refractivity contribution in [1.82, 2.24) is 0 Å². The van der Waals surface area contributed by atoms with Crippen LogP contribution < -0.4 is 0 Å². The minimum absolute atomic E-state index is 0.108. The molecule has 0 amide bonds. The van der Waals surface area contributed by atoms with Gasteiger partial charge in [-0.05, 0) is 6.92 Å². The van der Waals surface area contributed by atoms with Gasteiger partial charge in [0, 0.05) is 7.11 Å². The molecule has 0 aromatic carbocycles. The van der Waals surface area contributed by atoms with Gasteiger partial charge in [-0.1, -0.05) is 0 Å². The molecule has 1 aliphatic heterocycles. The fourth-order valence-electron chi connectivity index (χ4n) is 2.05. The standard InChI is InChI=1S/C12H24O9/c1-5(8(15)6(14)4-19-2)20-12-11(18)10(17)9(16)7(3-13)21-12/h5-18H,3-4H2,1-2H3/t5?,6-,7?,8?,9+,10?,11?,12-/m1/s1. The number of rotatable bonds is 7. The molecular weight excluding hydrogens is 288 g/mol. The molecule has 9 heteroatoms. The summed E-state index contributed by atoms with van der Waals surface area (Å²) >= 11 is 0. The van der Waals surface area contributed by atoms with Crippen LogP contribution in [0.3, 0.4) is 0 Å². The van der Waals surface area contributed by atoms with Crippen molar-refractivity contribution >= 4 is 0 Å². The van der Waals surface area contributed by atoms with Gasteiger partial charge in [0.1, 0.15) is 36.6 Å². The van der Waals surface area contributed by atoms with Gasteiger partial charge in [-0.15, -0.1) is 0 Å². The van der Waals surface area contributed by atoms with E-state index in [0.29, 0.717) is 0 Å². The van der Waals surface area contributed by atoms with E-state index in [-0.39, 0.29) is 6.61 Å². The lowest BCUT2D eigenvalue weighted by Gasteiger charge is -2.41. The normalized spacial score (nSPS) is 38.0. The second-order valence-electron chi connectivity index (χ2n) is 5.05. The Bertz CT molecular complexity index is 300. The highest BCUT2D eigenvalue weighted by molar-refractivity contribution is 4.89. The number of aliphatic hydroxyl groups excluding tert-OH is 6. The molecule has 1 aliphatic rings. The van der Waals surface area contributed by atoms with Gasteiger partial charge in [0.15, 0.2) is 6.29 Å². The zero-order chi connectivity index (χ0) is 16.2. The summed E-state index contributed by atoms with van der Waals surface area (Å²) in [6.07, 6.45) is -10.5. The SMILES string of the molecule is COC[C@@H](O)C(O)C(C)O[C@@H]1OC(CO)[C@H](O)C(O)C1O. The first kappa shape index (κ1) is 18.7. The van der Waals surface area contributed by atoms with Gasteiger partial charge in [0.05, 0.1) is 19.3 Å². The van der Waals surface area contributed by atoms with E-state index in [1.165, 1.54) is 14.0 Å². The van der Waals surface area contributed by atoms with Crippen molar-refractivity contribution in [2.75, 3.05) is 20.3 Å². The predicted octanol–water partition coefficient (Wildman–Crippen LogP) is -3.44. The summed E-state index contributed by atoms with van der Waals surface area (Å²) in [5.74, 6) is 0. The van der Waals surface area contributed by atoms with Crippen molar-refractivity contribution in [3.05, 3.63) is 0 Å². The molecule has 6 N–H and O–H groups in total. The Balaban J connectivity index is 2.63. The highest BCUT2D eigenvalue weighted by atomic mass is 16.7. The number of hydrogen-bond donors (Lipinski definition) is 6. The molecule has 5 unspecified atom stereocenters. The van der Waals surface area contributed by atoms with E-state index >= 15 is 0 Å². The van der Waals surface area contributed by atoms with Crippen molar-refractivity contribution in [3.63, 3.8) is 0 Å². The van der Waals surface area contributed by atoms with Crippen LogP contribution in [0, 0.1) is 0 Å². The maximum absolute atomic E-state index is 9.82. The lowest BCUT2D eigenvalue weighted by Crippen LogP contribution is -2.60. The lowest BCUT2D eigenvalue weighted by molar-refractivity contribution is -0.317. The highest BCUT2D eigenvalue weighted by Gasteiger charge is 2.45. The maximum Gasteiger partial charge on any atom is 0.187 e. The molecule has 1 fully saturated rings. The van der Waals surface area contributed by atoms with Crippen molar-refractivity contribution in [3.8, 4) is 0 Å². The quantitative estimate of drug-likeness (QED) is 0.282. The van der Waals surface area contributed by atoms with E-state index in [0.717, 1.165) is 0 Å². The van der Waals surface area contributed by atoms with Crippen molar-refractivity contribution < 1.29 is 44.8 Å². The second-order valence-corrected chi connectivity index (χ2v) is 5.05. The van der Waals surface area contributed by atoms with Crippen LogP contribution in [-0.4, -0.2) is 100.0 Å². The molecule has 0 bridgehead atoms. The van der Waals surface area contributed by atoms with Gasteiger partial charge in [-0.25, -0.2) is 0 Å². The molecule has 126 valence electrons. The lowest BCUT2D eigenvalue weighted by atomic mass is 9.99. The van der Waals surface area contributed by atoms with Crippen LogP contribution in [-0.2, 0) is 14.2 Å². The average Bonchev–Trinajstić information content (AvgIpc) is 2.47. The number of methoxy groups -OCH3 is 1. The minimum Gasteiger partial charge on any atom is -0.394 e. The molecule has 8 atom stereocenters. The Kier molecular flexibility index (Phi) is 7.40. The number of ether oxygens (including phenoxy) is 3. The smallest absolute Gasteiger partial charge is 0.187 e. The van der Waals surface area contributed by atoms with Crippen molar-refractivity contribution in [2.45, 2.75) is 55.9 Å². The maximum atomic E-state index is 9.82. The van der Waals surface area contributed by atoms with Crippen LogP contribution in [0.2, 0.25) is 0 Å². The third-order valence-corrected chi connectivity index (χ3v) is 3.41. The van der Waals surface area contributed by atoms with Crippen molar-refractivity contribution in [2.24, 2.45) is 0 Å². The Hall–Kier alpha value is -0.360. The number of aliphatic hydroxyl groups is 6. The largest absolute Gasteiger partial charge is 0.394 e. The molecule has 0 aliphatic carbocycles. The Labute approximate surface area is 122 Å². The minimum atomic E-state index is -1.56. The molecule has 0 saturated carbocycles. The molecular formula is C12H24O9. The van der Waals surface area contributed by atoms with E-state index in [4.69, 9.17) is 19.3 Å². The highest BCUT2D eigenvalue weighted by Crippen LogP contribution is 2.23. The first-order chi connectivity index (χ1) is 9.83. The van der Waals surface area contributed by atoms with E-state index in [1.807, 2.05) is 0 Å². The Morgan fingerprint density at radius 3 is 2.24 bits per heavy atom. The van der Waals surface area contributed by atoms with Gasteiger partial charge < -0.3 is 44.8 Å². The van der Waals surface area contributed by atoms with Gasteiger partial charge in [-0.3, -0.25) is 0 Å². The fraction of sp³-hybridized carbons (Fsp3) is 1.00. The van der Waals surface area contributed by atoms with E-state index in [2.05, 4.69) is 0 Å². The molecule has 9 nitrogen and oxygen atoms in total. The van der Waals surface area contributed by atoms with Gasteiger partial charge in [0.25, 0.3) is 0 Å². The van der Waals surface area contributed by atoms with Crippen molar-refractivity contribution in [1.29, 1.82) is 0 Å². The first-order valence-electron chi connectivity index (χ1n) is 6.64. The molecule has 0 aromatic heterocycles. The summed E-state index contributed by atoms with van der Waals surface area (Å²) in [4.78, 5) is 0. The summed E-state index contributed by atoms with van der Waals surface area (Å²) in [6, 6.07) is 0. The van der Waals surface area contributed by atoms with Gasteiger partial charge >= 0.3 is 0 Å². The topological polar surface area (TPSA) is 149 Å². The summed E-state index contributed by atoms with van der Waals surface area (Å²) in [5.41, 5.74) is 0. The summed E-state index contributed by atoms with van der Waals surface area (Å²) in [5, 5.41) is 57.5.